The minimum absolute atomic E-state index is 0.0512. The number of nitrogens with one attached hydrogen (secondary N) is 2. The molecule has 1 aromatic carbocycles. The molecular weight excluding hydrogens is 344 g/mol. The van der Waals surface area contributed by atoms with Gasteiger partial charge >= 0.3 is 0 Å². The van der Waals surface area contributed by atoms with Crippen molar-refractivity contribution >= 4 is 11.7 Å². The molecule has 2 N–H and O–H groups in total. The van der Waals surface area contributed by atoms with E-state index in [4.69, 9.17) is 9.47 Å². The van der Waals surface area contributed by atoms with Crippen LogP contribution in [0, 0.1) is 18.3 Å². The molecule has 7 nitrogen and oxygen atoms in total. The lowest BCUT2D eigenvalue weighted by Crippen LogP contribution is -2.28. The first-order valence-electron chi connectivity index (χ1n) is 8.30. The van der Waals surface area contributed by atoms with Gasteiger partial charge in [0.2, 0.25) is 0 Å². The number of hydrogen-bond acceptors (Lipinski definition) is 6. The quantitative estimate of drug-likeness (QED) is 0.577. The van der Waals surface area contributed by atoms with Crippen molar-refractivity contribution in [3.05, 3.63) is 59.4 Å². The van der Waals surface area contributed by atoms with Crippen LogP contribution in [0.15, 0.2) is 48.3 Å². The van der Waals surface area contributed by atoms with Gasteiger partial charge in [-0.25, -0.2) is 4.98 Å². The molecular formula is C20H22N4O3. The molecule has 0 radical (unpaired) electrons. The second-order valence-corrected chi connectivity index (χ2v) is 5.84. The highest BCUT2D eigenvalue weighted by Gasteiger charge is 2.15. The summed E-state index contributed by atoms with van der Waals surface area (Å²) < 4.78 is 10.5. The fraction of sp³-hybridized carbons (Fsp3) is 0.250. The lowest BCUT2D eigenvalue weighted by molar-refractivity contribution is -0.117. The monoisotopic (exact) mass is 366 g/mol. The van der Waals surface area contributed by atoms with Crippen molar-refractivity contribution in [3.8, 4) is 17.6 Å². The number of anilines is 1. The van der Waals surface area contributed by atoms with E-state index in [1.165, 1.54) is 6.20 Å². The number of benzene rings is 1. The normalized spacial score (nSPS) is 11.9. The van der Waals surface area contributed by atoms with E-state index in [9.17, 15) is 10.1 Å². The molecule has 27 heavy (non-hydrogen) atoms. The Hall–Kier alpha value is -3.53. The molecule has 1 atom stereocenters. The highest BCUT2D eigenvalue weighted by atomic mass is 16.5. The van der Waals surface area contributed by atoms with Crippen molar-refractivity contribution < 1.29 is 14.3 Å². The topological polar surface area (TPSA) is 96.3 Å². The van der Waals surface area contributed by atoms with E-state index in [1.54, 1.807) is 38.6 Å². The summed E-state index contributed by atoms with van der Waals surface area (Å²) in [5.41, 5.74) is 1.79. The molecule has 0 aliphatic heterocycles. The standard InChI is InChI=1S/C20H22N4O3/c1-13-5-8-19(22-11-13)23-12-16(10-21)20(25)24-14(2)15-6-7-17(26-3)18(9-15)27-4/h5-9,11-12,14H,1-4H3,(H,22,23)(H,24,25)/b16-12-. The minimum atomic E-state index is -0.487. The second-order valence-electron chi connectivity index (χ2n) is 5.84. The van der Waals surface area contributed by atoms with Crippen LogP contribution in [0.3, 0.4) is 0 Å². The lowest BCUT2D eigenvalue weighted by Gasteiger charge is -2.16. The molecule has 140 valence electrons. The molecule has 1 aromatic heterocycles. The van der Waals surface area contributed by atoms with Gasteiger partial charge < -0.3 is 20.1 Å². The Kier molecular flexibility index (Phi) is 6.78. The Balaban J connectivity index is 2.08. The zero-order chi connectivity index (χ0) is 19.8. The van der Waals surface area contributed by atoms with Crippen molar-refractivity contribution in [1.82, 2.24) is 10.3 Å². The van der Waals surface area contributed by atoms with Gasteiger partial charge in [0.05, 0.1) is 20.3 Å². The van der Waals surface area contributed by atoms with Gasteiger partial charge in [0, 0.05) is 12.4 Å². The fourth-order valence-corrected chi connectivity index (χ4v) is 2.33. The maximum atomic E-state index is 12.4. The molecule has 0 aliphatic rings. The van der Waals surface area contributed by atoms with Crippen LogP contribution < -0.4 is 20.1 Å². The van der Waals surface area contributed by atoms with Crippen LogP contribution in [0.1, 0.15) is 24.1 Å². The molecule has 0 saturated carbocycles. The summed E-state index contributed by atoms with van der Waals surface area (Å²) in [6, 6.07) is 10.6. The van der Waals surface area contributed by atoms with Gasteiger partial charge in [-0.05, 0) is 43.2 Å². The number of rotatable bonds is 7. The molecule has 0 bridgehead atoms. The van der Waals surface area contributed by atoms with Gasteiger partial charge in [0.15, 0.2) is 11.5 Å². The van der Waals surface area contributed by atoms with E-state index in [1.807, 2.05) is 32.0 Å². The van der Waals surface area contributed by atoms with Crippen LogP contribution in [0.25, 0.3) is 0 Å². The zero-order valence-corrected chi connectivity index (χ0v) is 15.7. The molecule has 2 aromatic rings. The first-order chi connectivity index (χ1) is 13.0. The predicted molar refractivity (Wildman–Crippen MR) is 102 cm³/mol. The van der Waals surface area contributed by atoms with Gasteiger partial charge in [-0.15, -0.1) is 0 Å². The lowest BCUT2D eigenvalue weighted by atomic mass is 10.1. The summed E-state index contributed by atoms with van der Waals surface area (Å²) >= 11 is 0. The van der Waals surface area contributed by atoms with Crippen molar-refractivity contribution in [3.63, 3.8) is 0 Å². The summed E-state index contributed by atoms with van der Waals surface area (Å²) in [7, 11) is 3.11. The first kappa shape index (κ1) is 19.8. The zero-order valence-electron chi connectivity index (χ0n) is 15.7. The van der Waals surface area contributed by atoms with Gasteiger partial charge in [-0.2, -0.15) is 5.26 Å². The number of nitriles is 1. The third kappa shape index (κ3) is 5.22. The number of ether oxygens (including phenoxy) is 2. The Labute approximate surface area is 158 Å². The summed E-state index contributed by atoms with van der Waals surface area (Å²) in [6.45, 7) is 3.75. The summed E-state index contributed by atoms with van der Waals surface area (Å²) in [4.78, 5) is 16.6. The first-order valence-corrected chi connectivity index (χ1v) is 8.30. The number of pyridine rings is 1. The molecule has 0 aliphatic carbocycles. The molecule has 1 amide bonds. The SMILES string of the molecule is COc1ccc(C(C)NC(=O)/C(C#N)=C\Nc2ccc(C)cn2)cc1OC. The molecule has 0 saturated heterocycles. The van der Waals surface area contributed by atoms with Crippen LogP contribution in [0.4, 0.5) is 5.82 Å². The largest absolute Gasteiger partial charge is 0.493 e. The van der Waals surface area contributed by atoms with Crippen molar-refractivity contribution in [2.75, 3.05) is 19.5 Å². The van der Waals surface area contributed by atoms with Gasteiger partial charge in [0.25, 0.3) is 5.91 Å². The maximum Gasteiger partial charge on any atom is 0.263 e. The Bertz CT molecular complexity index is 870. The highest BCUT2D eigenvalue weighted by Crippen LogP contribution is 2.29. The number of methoxy groups -OCH3 is 2. The van der Waals surface area contributed by atoms with E-state index in [2.05, 4.69) is 15.6 Å². The van der Waals surface area contributed by atoms with E-state index < -0.39 is 5.91 Å². The van der Waals surface area contributed by atoms with Gasteiger partial charge in [-0.3, -0.25) is 4.79 Å². The molecule has 2 rings (SSSR count). The van der Waals surface area contributed by atoms with Crippen molar-refractivity contribution in [1.29, 1.82) is 5.26 Å². The molecule has 1 unspecified atom stereocenters. The third-order valence-corrected chi connectivity index (χ3v) is 3.90. The number of nitrogens with zero attached hydrogens (tertiary/aromatic N) is 2. The number of aromatic nitrogens is 1. The van der Waals surface area contributed by atoms with Crippen LogP contribution in [0.5, 0.6) is 11.5 Å². The average molecular weight is 366 g/mol. The molecule has 7 heteroatoms. The minimum Gasteiger partial charge on any atom is -0.493 e. The van der Waals surface area contributed by atoms with Crippen LogP contribution in [0.2, 0.25) is 0 Å². The Morgan fingerprint density at radius 3 is 2.56 bits per heavy atom. The van der Waals surface area contributed by atoms with E-state index >= 15 is 0 Å². The highest BCUT2D eigenvalue weighted by molar-refractivity contribution is 5.97. The maximum absolute atomic E-state index is 12.4. The summed E-state index contributed by atoms with van der Waals surface area (Å²) in [5.74, 6) is 1.24. The average Bonchev–Trinajstić information content (AvgIpc) is 2.69. The number of carbonyl (C=O) groups is 1. The molecule has 0 spiro atoms. The van der Waals surface area contributed by atoms with E-state index in [0.29, 0.717) is 17.3 Å². The fourth-order valence-electron chi connectivity index (χ4n) is 2.33. The summed E-state index contributed by atoms with van der Waals surface area (Å²) in [5, 5.41) is 14.9. The van der Waals surface area contributed by atoms with E-state index in [-0.39, 0.29) is 11.6 Å². The van der Waals surface area contributed by atoms with Crippen LogP contribution >= 0.6 is 0 Å². The Morgan fingerprint density at radius 2 is 1.96 bits per heavy atom. The van der Waals surface area contributed by atoms with Crippen molar-refractivity contribution in [2.45, 2.75) is 19.9 Å². The van der Waals surface area contributed by atoms with Crippen molar-refractivity contribution in [2.24, 2.45) is 0 Å². The number of hydrogen-bond donors (Lipinski definition) is 2. The second kappa shape index (κ2) is 9.25. The van der Waals surface area contributed by atoms with Crippen LogP contribution in [-0.2, 0) is 4.79 Å². The number of carbonyl (C=O) groups excluding carboxylic acids is 1. The van der Waals surface area contributed by atoms with E-state index in [0.717, 1.165) is 11.1 Å². The van der Waals surface area contributed by atoms with Gasteiger partial charge in [0.1, 0.15) is 17.5 Å². The third-order valence-electron chi connectivity index (χ3n) is 3.90. The smallest absolute Gasteiger partial charge is 0.263 e. The van der Waals surface area contributed by atoms with Crippen LogP contribution in [-0.4, -0.2) is 25.1 Å². The number of aryl methyl sites for hydroxylation is 1. The van der Waals surface area contributed by atoms with Gasteiger partial charge in [-0.1, -0.05) is 12.1 Å². The molecule has 1 heterocycles. The summed E-state index contributed by atoms with van der Waals surface area (Å²) in [6.07, 6.45) is 3.04. The Morgan fingerprint density at radius 1 is 1.22 bits per heavy atom. The number of amides is 1. The predicted octanol–water partition coefficient (Wildman–Crippen LogP) is 3.10. The molecule has 0 fully saturated rings.